The molecule has 4 nitrogen and oxygen atoms in total. The van der Waals surface area contributed by atoms with E-state index >= 15 is 0 Å². The van der Waals surface area contributed by atoms with Crippen molar-refractivity contribution in [1.29, 1.82) is 0 Å². The van der Waals surface area contributed by atoms with Crippen molar-refractivity contribution in [3.05, 3.63) is 23.8 Å². The Balaban J connectivity index is 2.02. The van der Waals surface area contributed by atoms with Gasteiger partial charge in [0.05, 0.1) is 12.2 Å². The fourth-order valence-corrected chi connectivity index (χ4v) is 3.59. The van der Waals surface area contributed by atoms with E-state index in [1.54, 1.807) is 0 Å². The van der Waals surface area contributed by atoms with Gasteiger partial charge in [0.2, 0.25) is 0 Å². The first-order valence-corrected chi connectivity index (χ1v) is 9.22. The summed E-state index contributed by atoms with van der Waals surface area (Å²) in [6.45, 7) is 12.4. The normalized spacial score (nSPS) is 40.2. The Morgan fingerprint density at radius 2 is 1.79 bits per heavy atom. The predicted molar refractivity (Wildman–Crippen MR) is 95.2 cm³/mol. The smallest absolute Gasteiger partial charge is 0.144 e. The van der Waals surface area contributed by atoms with Crippen molar-refractivity contribution in [2.75, 3.05) is 0 Å². The van der Waals surface area contributed by atoms with Crippen LogP contribution in [0.25, 0.3) is 0 Å². The summed E-state index contributed by atoms with van der Waals surface area (Å²) in [5, 5.41) is 20.7. The van der Waals surface area contributed by atoms with Crippen LogP contribution >= 0.6 is 0 Å². The highest BCUT2D eigenvalue weighted by atomic mass is 17.2. The average Bonchev–Trinajstić information content (AvgIpc) is 2.48. The Kier molecular flexibility index (Phi) is 6.29. The van der Waals surface area contributed by atoms with Crippen LogP contribution in [-0.4, -0.2) is 34.1 Å². The molecule has 2 aliphatic carbocycles. The van der Waals surface area contributed by atoms with Crippen LogP contribution in [0.15, 0.2) is 23.8 Å². The van der Waals surface area contributed by atoms with Gasteiger partial charge in [0, 0.05) is 0 Å². The van der Waals surface area contributed by atoms with Gasteiger partial charge in [0.15, 0.2) is 0 Å². The molecule has 0 heterocycles. The van der Waals surface area contributed by atoms with E-state index in [4.69, 9.17) is 9.78 Å². The monoisotopic (exact) mass is 338 g/mol. The highest BCUT2D eigenvalue weighted by molar-refractivity contribution is 5.15. The zero-order valence-electron chi connectivity index (χ0n) is 15.9. The maximum absolute atomic E-state index is 10.5. The maximum atomic E-state index is 10.5. The minimum absolute atomic E-state index is 0.159. The van der Waals surface area contributed by atoms with Crippen LogP contribution in [0.3, 0.4) is 0 Å². The van der Waals surface area contributed by atoms with Gasteiger partial charge in [-0.15, -0.1) is 0 Å². The number of rotatable bonds is 5. The van der Waals surface area contributed by atoms with Gasteiger partial charge in [-0.2, -0.15) is 0 Å². The van der Waals surface area contributed by atoms with Crippen LogP contribution < -0.4 is 0 Å². The van der Waals surface area contributed by atoms with Gasteiger partial charge < -0.3 is 10.2 Å². The molecule has 0 bridgehead atoms. The van der Waals surface area contributed by atoms with Gasteiger partial charge in [-0.1, -0.05) is 45.9 Å². The summed E-state index contributed by atoms with van der Waals surface area (Å²) >= 11 is 0. The summed E-state index contributed by atoms with van der Waals surface area (Å²) in [6.07, 6.45) is 6.15. The third-order valence-corrected chi connectivity index (χ3v) is 5.75. The maximum Gasteiger partial charge on any atom is 0.144 e. The van der Waals surface area contributed by atoms with Crippen LogP contribution in [0.1, 0.15) is 54.4 Å². The highest BCUT2D eigenvalue weighted by Crippen LogP contribution is 2.36. The minimum Gasteiger partial charge on any atom is -0.390 e. The zero-order valence-corrected chi connectivity index (χ0v) is 15.9. The average molecular weight is 338 g/mol. The van der Waals surface area contributed by atoms with E-state index in [-0.39, 0.29) is 12.0 Å². The second-order valence-electron chi connectivity index (χ2n) is 8.42. The summed E-state index contributed by atoms with van der Waals surface area (Å²) < 4.78 is 0. The first-order valence-electron chi connectivity index (χ1n) is 9.22. The van der Waals surface area contributed by atoms with E-state index in [0.29, 0.717) is 24.2 Å². The third-order valence-electron chi connectivity index (χ3n) is 5.75. The molecule has 0 aromatic carbocycles. The van der Waals surface area contributed by atoms with Crippen molar-refractivity contribution in [2.24, 2.45) is 23.7 Å². The molecule has 2 N–H and O–H groups in total. The van der Waals surface area contributed by atoms with Crippen LogP contribution in [-0.2, 0) is 9.78 Å². The lowest BCUT2D eigenvalue weighted by atomic mass is 9.79. The fraction of sp³-hybridized carbons (Fsp3) is 0.800. The first-order chi connectivity index (χ1) is 11.1. The molecule has 2 aliphatic rings. The molecule has 2 rings (SSSR count). The Labute approximate surface area is 146 Å². The molecular formula is C20H34O4. The molecule has 24 heavy (non-hydrogen) atoms. The van der Waals surface area contributed by atoms with Crippen LogP contribution in [0.4, 0.5) is 0 Å². The van der Waals surface area contributed by atoms with Crippen molar-refractivity contribution >= 4 is 0 Å². The number of aliphatic hydroxyl groups excluding tert-OH is 2. The van der Waals surface area contributed by atoms with Gasteiger partial charge in [0.1, 0.15) is 11.7 Å². The molecule has 0 aliphatic heterocycles. The Hall–Kier alpha value is -0.680. The summed E-state index contributed by atoms with van der Waals surface area (Å²) in [5.74, 6) is 1.40. The molecular weight excluding hydrogens is 304 g/mol. The Bertz CT molecular complexity index is 482. The lowest BCUT2D eigenvalue weighted by molar-refractivity contribution is -0.381. The largest absolute Gasteiger partial charge is 0.390 e. The van der Waals surface area contributed by atoms with E-state index in [1.165, 1.54) is 0 Å². The molecule has 0 saturated carbocycles. The van der Waals surface area contributed by atoms with E-state index in [2.05, 4.69) is 33.8 Å². The summed E-state index contributed by atoms with van der Waals surface area (Å²) in [7, 11) is 0. The summed E-state index contributed by atoms with van der Waals surface area (Å²) in [6, 6.07) is 0. The predicted octanol–water partition coefficient (Wildman–Crippen LogP) is 3.64. The first kappa shape index (κ1) is 19.6. The molecule has 0 fully saturated rings. The molecule has 0 unspecified atom stereocenters. The standard InChI is InChI=1S/C20H34O4/c1-12(2)15-7-8-20(6,19(22)10-15)24-23-18-11-16(13(3)4)17(21)9-14(18)5/h7-9,12-13,15-19,21-22H,10-11H2,1-6H3/t15-,16-,17+,18+,19+,20+/m1/s1. The van der Waals surface area contributed by atoms with Crippen LogP contribution in [0.2, 0.25) is 0 Å². The molecule has 0 aromatic heterocycles. The molecule has 0 spiro atoms. The lowest BCUT2D eigenvalue weighted by Gasteiger charge is -2.39. The van der Waals surface area contributed by atoms with Crippen LogP contribution in [0.5, 0.6) is 0 Å². The lowest BCUT2D eigenvalue weighted by Crippen LogP contribution is -2.46. The summed E-state index contributed by atoms with van der Waals surface area (Å²) in [4.78, 5) is 11.5. The number of aliphatic hydroxyl groups is 2. The second kappa shape index (κ2) is 7.69. The number of hydrogen-bond acceptors (Lipinski definition) is 4. The number of hydrogen-bond donors (Lipinski definition) is 2. The van der Waals surface area contributed by atoms with E-state index in [9.17, 15) is 10.2 Å². The second-order valence-corrected chi connectivity index (χ2v) is 8.42. The van der Waals surface area contributed by atoms with Gasteiger partial charge in [-0.3, -0.25) is 0 Å². The molecule has 4 heteroatoms. The Morgan fingerprint density at radius 3 is 2.33 bits per heavy atom. The molecule has 0 amide bonds. The van der Waals surface area contributed by atoms with Crippen molar-refractivity contribution in [3.63, 3.8) is 0 Å². The molecule has 6 atom stereocenters. The van der Waals surface area contributed by atoms with Crippen molar-refractivity contribution in [2.45, 2.75) is 78.3 Å². The molecule has 0 radical (unpaired) electrons. The highest BCUT2D eigenvalue weighted by Gasteiger charge is 2.40. The molecule has 138 valence electrons. The topological polar surface area (TPSA) is 58.9 Å². The fourth-order valence-electron chi connectivity index (χ4n) is 3.59. The van der Waals surface area contributed by atoms with Crippen molar-refractivity contribution in [1.82, 2.24) is 0 Å². The zero-order chi connectivity index (χ0) is 18.1. The van der Waals surface area contributed by atoms with Gasteiger partial charge in [-0.25, -0.2) is 9.78 Å². The third kappa shape index (κ3) is 4.29. The van der Waals surface area contributed by atoms with Gasteiger partial charge >= 0.3 is 0 Å². The van der Waals surface area contributed by atoms with Crippen molar-refractivity contribution in [3.8, 4) is 0 Å². The van der Waals surface area contributed by atoms with E-state index in [0.717, 1.165) is 12.0 Å². The van der Waals surface area contributed by atoms with Crippen LogP contribution in [0, 0.1) is 23.7 Å². The molecule has 0 aromatic rings. The minimum atomic E-state index is -0.824. The SMILES string of the molecule is CC1=C[C@H](O)[C@@H](C(C)C)C[C@@H]1OO[C@@]1(C)C=C[C@@H](C(C)C)C[C@@H]1O. The quantitative estimate of drug-likeness (QED) is 0.456. The Morgan fingerprint density at radius 1 is 1.12 bits per heavy atom. The molecule has 0 saturated heterocycles. The van der Waals surface area contributed by atoms with Gasteiger partial charge in [-0.05, 0) is 55.9 Å². The number of allylic oxidation sites excluding steroid dienone is 1. The van der Waals surface area contributed by atoms with Crippen molar-refractivity contribution < 1.29 is 20.0 Å². The van der Waals surface area contributed by atoms with E-state index in [1.807, 2.05) is 26.0 Å². The van der Waals surface area contributed by atoms with E-state index < -0.39 is 17.8 Å². The van der Waals surface area contributed by atoms with Gasteiger partial charge in [0.25, 0.3) is 0 Å². The summed E-state index contributed by atoms with van der Waals surface area (Å²) in [5.41, 5.74) is 0.159.